The number of thioether (sulfide) groups is 1. The first-order chi connectivity index (χ1) is 9.45. The summed E-state index contributed by atoms with van der Waals surface area (Å²) in [5, 5.41) is 13.9. The standard InChI is InChI=1S/C11H9N3O5S/c15-9(5-8-10(16)13-11(17)20-8)12-6-1-3-7(4-2-6)14(18)19/h1-4,8H,5H2,(H,12,15)(H,13,16,17). The van der Waals surface area contributed by atoms with Crippen LogP contribution in [-0.4, -0.2) is 27.2 Å². The molecule has 1 aliphatic heterocycles. The summed E-state index contributed by atoms with van der Waals surface area (Å²) in [4.78, 5) is 43.8. The Bertz CT molecular complexity index is 586. The van der Waals surface area contributed by atoms with Crippen LogP contribution in [0.2, 0.25) is 0 Å². The first kappa shape index (κ1) is 14.0. The molecule has 1 fully saturated rings. The fourth-order valence-corrected chi connectivity index (χ4v) is 2.39. The summed E-state index contributed by atoms with van der Waals surface area (Å²) in [6, 6.07) is 5.30. The molecule has 8 nitrogen and oxygen atoms in total. The first-order valence-corrected chi connectivity index (χ1v) is 6.39. The third-order valence-electron chi connectivity index (χ3n) is 2.50. The molecule has 0 aliphatic carbocycles. The number of hydrogen-bond donors (Lipinski definition) is 2. The number of carbonyl (C=O) groups is 3. The van der Waals surface area contributed by atoms with Crippen LogP contribution in [0, 0.1) is 10.1 Å². The number of hydrogen-bond acceptors (Lipinski definition) is 6. The van der Waals surface area contributed by atoms with Crippen molar-refractivity contribution in [2.75, 3.05) is 5.32 Å². The van der Waals surface area contributed by atoms with Crippen LogP contribution < -0.4 is 10.6 Å². The molecule has 1 aromatic carbocycles. The predicted molar refractivity (Wildman–Crippen MR) is 71.3 cm³/mol. The van der Waals surface area contributed by atoms with Crippen LogP contribution in [0.3, 0.4) is 0 Å². The summed E-state index contributed by atoms with van der Waals surface area (Å²) in [5.74, 6) is -0.931. The molecule has 9 heteroatoms. The highest BCUT2D eigenvalue weighted by atomic mass is 32.2. The Labute approximate surface area is 117 Å². The number of nitro groups is 1. The maximum absolute atomic E-state index is 11.7. The quantitative estimate of drug-likeness (QED) is 0.638. The second-order valence-corrected chi connectivity index (χ2v) is 5.12. The van der Waals surface area contributed by atoms with Gasteiger partial charge >= 0.3 is 0 Å². The summed E-state index contributed by atoms with van der Waals surface area (Å²) in [7, 11) is 0. The number of carbonyl (C=O) groups excluding carboxylic acids is 3. The largest absolute Gasteiger partial charge is 0.326 e. The zero-order valence-corrected chi connectivity index (χ0v) is 10.8. The number of imide groups is 1. The number of non-ortho nitro benzene ring substituents is 1. The van der Waals surface area contributed by atoms with Gasteiger partial charge in [0.25, 0.3) is 10.9 Å². The van der Waals surface area contributed by atoms with Crippen LogP contribution in [-0.2, 0) is 9.59 Å². The predicted octanol–water partition coefficient (Wildman–Crippen LogP) is 1.27. The van der Waals surface area contributed by atoms with Crippen molar-refractivity contribution in [3.63, 3.8) is 0 Å². The van der Waals surface area contributed by atoms with E-state index in [0.717, 1.165) is 11.8 Å². The molecule has 2 rings (SSSR count). The van der Waals surface area contributed by atoms with E-state index in [1.807, 2.05) is 0 Å². The van der Waals surface area contributed by atoms with E-state index in [9.17, 15) is 24.5 Å². The SMILES string of the molecule is O=C(CC1SC(=O)NC1=O)Nc1ccc([N+](=O)[O-])cc1. The van der Waals surface area contributed by atoms with Gasteiger partial charge in [0.15, 0.2) is 0 Å². The Hall–Kier alpha value is -2.42. The van der Waals surface area contributed by atoms with Gasteiger partial charge in [0.1, 0.15) is 5.25 Å². The van der Waals surface area contributed by atoms with Gasteiger partial charge in [0, 0.05) is 24.2 Å². The van der Waals surface area contributed by atoms with Crippen molar-refractivity contribution in [2.24, 2.45) is 0 Å². The molecule has 20 heavy (non-hydrogen) atoms. The number of anilines is 1. The van der Waals surface area contributed by atoms with Gasteiger partial charge in [-0.05, 0) is 12.1 Å². The molecule has 1 heterocycles. The van der Waals surface area contributed by atoms with Crippen LogP contribution >= 0.6 is 11.8 Å². The second kappa shape index (κ2) is 5.70. The summed E-state index contributed by atoms with van der Waals surface area (Å²) in [6.07, 6.45) is -0.140. The fourth-order valence-electron chi connectivity index (χ4n) is 1.57. The number of nitrogens with one attached hydrogen (secondary N) is 2. The molecule has 1 atom stereocenters. The highest BCUT2D eigenvalue weighted by Gasteiger charge is 2.33. The van der Waals surface area contributed by atoms with Gasteiger partial charge in [-0.15, -0.1) is 0 Å². The molecular weight excluding hydrogens is 286 g/mol. The summed E-state index contributed by atoms with van der Waals surface area (Å²) < 4.78 is 0. The highest BCUT2D eigenvalue weighted by molar-refractivity contribution is 8.15. The zero-order chi connectivity index (χ0) is 14.7. The van der Waals surface area contributed by atoms with E-state index in [1.165, 1.54) is 24.3 Å². The Balaban J connectivity index is 1.93. The van der Waals surface area contributed by atoms with Gasteiger partial charge in [0.05, 0.1) is 4.92 Å². The van der Waals surface area contributed by atoms with Crippen molar-refractivity contribution < 1.29 is 19.3 Å². The van der Waals surface area contributed by atoms with Crippen molar-refractivity contribution >= 4 is 40.2 Å². The topological polar surface area (TPSA) is 118 Å². The number of rotatable bonds is 4. The van der Waals surface area contributed by atoms with Crippen LogP contribution in [0.25, 0.3) is 0 Å². The molecule has 0 spiro atoms. The molecule has 1 saturated heterocycles. The van der Waals surface area contributed by atoms with Gasteiger partial charge in [-0.2, -0.15) is 0 Å². The molecular formula is C11H9N3O5S. The smallest absolute Gasteiger partial charge is 0.286 e. The maximum atomic E-state index is 11.7. The zero-order valence-electron chi connectivity index (χ0n) is 9.99. The van der Waals surface area contributed by atoms with Crippen molar-refractivity contribution in [1.82, 2.24) is 5.32 Å². The minimum absolute atomic E-state index is 0.0840. The van der Waals surface area contributed by atoms with Gasteiger partial charge in [-0.1, -0.05) is 11.8 Å². The van der Waals surface area contributed by atoms with Gasteiger partial charge in [0.2, 0.25) is 11.8 Å². The molecule has 0 saturated carbocycles. The highest BCUT2D eigenvalue weighted by Crippen LogP contribution is 2.22. The van der Waals surface area contributed by atoms with E-state index in [1.54, 1.807) is 0 Å². The van der Waals surface area contributed by atoms with Crippen molar-refractivity contribution in [2.45, 2.75) is 11.7 Å². The monoisotopic (exact) mass is 295 g/mol. The molecule has 104 valence electrons. The second-order valence-electron chi connectivity index (χ2n) is 3.94. The summed E-state index contributed by atoms with van der Waals surface area (Å²) >= 11 is 0.769. The van der Waals surface area contributed by atoms with E-state index in [0.29, 0.717) is 5.69 Å². The summed E-state index contributed by atoms with van der Waals surface area (Å²) in [6.45, 7) is 0. The lowest BCUT2D eigenvalue weighted by Crippen LogP contribution is -2.27. The lowest BCUT2D eigenvalue weighted by molar-refractivity contribution is -0.384. The summed E-state index contributed by atoms with van der Waals surface area (Å²) in [5.41, 5.74) is 0.301. The third-order valence-corrected chi connectivity index (χ3v) is 3.48. The Kier molecular flexibility index (Phi) is 3.99. The average molecular weight is 295 g/mol. The molecule has 1 unspecified atom stereocenters. The van der Waals surface area contributed by atoms with Crippen LogP contribution in [0.5, 0.6) is 0 Å². The molecule has 1 aliphatic rings. The first-order valence-electron chi connectivity index (χ1n) is 5.51. The fraction of sp³-hybridized carbons (Fsp3) is 0.182. The Morgan fingerprint density at radius 1 is 1.35 bits per heavy atom. The maximum Gasteiger partial charge on any atom is 0.286 e. The van der Waals surface area contributed by atoms with E-state index >= 15 is 0 Å². The number of nitro benzene ring substituents is 1. The average Bonchev–Trinajstić information content (AvgIpc) is 2.68. The molecule has 2 N–H and O–H groups in total. The van der Waals surface area contributed by atoms with Crippen molar-refractivity contribution in [3.8, 4) is 0 Å². The molecule has 0 radical (unpaired) electrons. The van der Waals surface area contributed by atoms with Gasteiger partial charge in [-0.25, -0.2) is 0 Å². The van der Waals surface area contributed by atoms with E-state index in [-0.39, 0.29) is 12.1 Å². The van der Waals surface area contributed by atoms with Crippen LogP contribution in [0.15, 0.2) is 24.3 Å². The Morgan fingerprint density at radius 2 is 2.00 bits per heavy atom. The van der Waals surface area contributed by atoms with Crippen molar-refractivity contribution in [1.29, 1.82) is 0 Å². The number of nitrogens with zero attached hydrogens (tertiary/aromatic N) is 1. The normalized spacial score (nSPS) is 17.7. The van der Waals surface area contributed by atoms with E-state index in [4.69, 9.17) is 0 Å². The lowest BCUT2D eigenvalue weighted by Gasteiger charge is -2.06. The van der Waals surface area contributed by atoms with Gasteiger partial charge < -0.3 is 5.32 Å². The molecule has 0 bridgehead atoms. The lowest BCUT2D eigenvalue weighted by atomic mass is 10.2. The molecule has 3 amide bonds. The number of benzene rings is 1. The third kappa shape index (κ3) is 3.32. The van der Waals surface area contributed by atoms with Gasteiger partial charge in [-0.3, -0.25) is 29.8 Å². The van der Waals surface area contributed by atoms with Crippen LogP contribution in [0.4, 0.5) is 16.2 Å². The van der Waals surface area contributed by atoms with Crippen LogP contribution in [0.1, 0.15) is 6.42 Å². The minimum Gasteiger partial charge on any atom is -0.326 e. The Morgan fingerprint density at radius 3 is 2.50 bits per heavy atom. The van der Waals surface area contributed by atoms with E-state index in [2.05, 4.69) is 10.6 Å². The molecule has 1 aromatic rings. The van der Waals surface area contributed by atoms with E-state index < -0.39 is 27.2 Å². The number of amides is 3. The van der Waals surface area contributed by atoms with Crippen molar-refractivity contribution in [3.05, 3.63) is 34.4 Å². The minimum atomic E-state index is -0.736. The molecule has 0 aromatic heterocycles.